The zero-order valence-electron chi connectivity index (χ0n) is 22.9. The average molecular weight is 555 g/mol. The number of carbonyl (C=O) groups excluding carboxylic acids is 2. The van der Waals surface area contributed by atoms with Crippen LogP contribution < -0.4 is 35.0 Å². The summed E-state index contributed by atoms with van der Waals surface area (Å²) < 4.78 is 27.4. The van der Waals surface area contributed by atoms with Gasteiger partial charge in [0, 0.05) is 11.3 Å². The highest BCUT2D eigenvalue weighted by Crippen LogP contribution is 2.35. The predicted octanol–water partition coefficient (Wildman–Crippen LogP) is 2.78. The second-order valence-electron chi connectivity index (χ2n) is 8.39. The number of nitrogens with one attached hydrogen (secondary N) is 3. The van der Waals surface area contributed by atoms with E-state index in [1.54, 1.807) is 49.4 Å². The van der Waals surface area contributed by atoms with Crippen molar-refractivity contribution >= 4 is 18.2 Å². The fraction of sp³-hybridized carbons (Fsp3) is 0.321. The van der Waals surface area contributed by atoms with Gasteiger partial charge >= 0.3 is 12.0 Å². The Hall–Kier alpha value is -4.71. The molecular weight excluding hydrogens is 520 g/mol. The minimum atomic E-state index is -1.16. The quantitative estimate of drug-likeness (QED) is 0.0909. The first kappa shape index (κ1) is 29.8. The van der Waals surface area contributed by atoms with Gasteiger partial charge in [0.1, 0.15) is 13.2 Å². The lowest BCUT2D eigenvalue weighted by Gasteiger charge is -2.28. The summed E-state index contributed by atoms with van der Waals surface area (Å²) >= 11 is 0. The lowest BCUT2D eigenvalue weighted by molar-refractivity contribution is -0.136. The molecule has 12 heteroatoms. The molecule has 1 aliphatic heterocycles. The minimum Gasteiger partial charge on any atom is -0.493 e. The summed E-state index contributed by atoms with van der Waals surface area (Å²) in [6, 6.07) is 9.13. The number of hydrogen-bond donors (Lipinski definition) is 4. The van der Waals surface area contributed by atoms with Crippen molar-refractivity contribution in [2.24, 2.45) is 5.10 Å². The lowest BCUT2D eigenvalue weighted by Crippen LogP contribution is -2.45. The van der Waals surface area contributed by atoms with E-state index in [4.69, 9.17) is 23.7 Å². The van der Waals surface area contributed by atoms with E-state index in [1.165, 1.54) is 20.4 Å². The lowest BCUT2D eigenvalue weighted by atomic mass is 9.95. The molecule has 214 valence electrons. The first-order chi connectivity index (χ1) is 19.3. The van der Waals surface area contributed by atoms with Crippen molar-refractivity contribution in [1.29, 1.82) is 0 Å². The second-order valence-corrected chi connectivity index (χ2v) is 8.39. The fourth-order valence-electron chi connectivity index (χ4n) is 3.91. The molecule has 2 aromatic rings. The number of hydrogen-bond acceptors (Lipinski definition) is 10. The second kappa shape index (κ2) is 14.4. The number of aliphatic hydroxyl groups excluding tert-OH is 1. The van der Waals surface area contributed by atoms with Crippen LogP contribution >= 0.6 is 0 Å². The number of ether oxygens (including phenoxy) is 5. The van der Waals surface area contributed by atoms with Crippen LogP contribution in [0, 0.1) is 0 Å². The van der Waals surface area contributed by atoms with E-state index >= 15 is 0 Å². The van der Waals surface area contributed by atoms with Crippen LogP contribution in [0.2, 0.25) is 0 Å². The van der Waals surface area contributed by atoms with Crippen molar-refractivity contribution in [1.82, 2.24) is 16.1 Å². The summed E-state index contributed by atoms with van der Waals surface area (Å²) in [5, 5.41) is 19.8. The van der Waals surface area contributed by atoms with Crippen LogP contribution in [0.25, 0.3) is 0 Å². The number of methoxy groups -OCH3 is 2. The van der Waals surface area contributed by atoms with Gasteiger partial charge in [-0.1, -0.05) is 24.8 Å². The van der Waals surface area contributed by atoms with Crippen molar-refractivity contribution in [2.75, 3.05) is 34.0 Å². The van der Waals surface area contributed by atoms with Gasteiger partial charge in [-0.05, 0) is 43.7 Å². The number of hydrazone groups is 1. The molecule has 0 spiro atoms. The number of esters is 1. The Bertz CT molecular complexity index is 1280. The molecule has 0 unspecified atom stereocenters. The van der Waals surface area contributed by atoms with Gasteiger partial charge in [-0.3, -0.25) is 5.43 Å². The molecule has 3 rings (SSSR count). The van der Waals surface area contributed by atoms with Crippen LogP contribution in [0.15, 0.2) is 65.4 Å². The Labute approximate surface area is 232 Å². The molecule has 2 amide bonds. The summed E-state index contributed by atoms with van der Waals surface area (Å²) in [4.78, 5) is 24.5. The molecule has 0 bridgehead atoms. The number of carbonyl (C=O) groups is 2. The molecule has 12 nitrogen and oxygen atoms in total. The van der Waals surface area contributed by atoms with Gasteiger partial charge in [-0.2, -0.15) is 5.10 Å². The molecule has 0 radical (unpaired) electrons. The Kier molecular flexibility index (Phi) is 10.8. The van der Waals surface area contributed by atoms with Gasteiger partial charge in [-0.15, -0.1) is 0 Å². The van der Waals surface area contributed by atoms with Gasteiger partial charge in [0.25, 0.3) is 0 Å². The van der Waals surface area contributed by atoms with Gasteiger partial charge in [0.15, 0.2) is 29.2 Å². The normalized spacial score (nSPS) is 15.5. The molecule has 0 fully saturated rings. The maximum atomic E-state index is 12.4. The summed E-state index contributed by atoms with van der Waals surface area (Å²) in [6.07, 6.45) is 1.95. The number of rotatable bonds is 14. The third-order valence-electron chi connectivity index (χ3n) is 5.67. The number of benzene rings is 2. The number of nitrogens with zero attached hydrogens (tertiary/aromatic N) is 1. The fourth-order valence-corrected chi connectivity index (χ4v) is 3.91. The smallest absolute Gasteiger partial charge is 0.337 e. The molecule has 0 aliphatic carbocycles. The van der Waals surface area contributed by atoms with Crippen molar-refractivity contribution in [3.63, 3.8) is 0 Å². The first-order valence-corrected chi connectivity index (χ1v) is 12.5. The SMILES string of the molecule is C=CCOc1c(/C=N/N[C@H](O)COc2ccc([C@H]3NC(=O)NC(C)=C3C(=O)OC)cc2OCC)cccc1OC. The van der Waals surface area contributed by atoms with E-state index < -0.39 is 24.3 Å². The van der Waals surface area contributed by atoms with E-state index in [9.17, 15) is 14.7 Å². The number of para-hydroxylation sites is 1. The van der Waals surface area contributed by atoms with Crippen LogP contribution in [0.3, 0.4) is 0 Å². The predicted molar refractivity (Wildman–Crippen MR) is 148 cm³/mol. The Morgan fingerprint density at radius 2 is 1.98 bits per heavy atom. The zero-order valence-corrected chi connectivity index (χ0v) is 22.9. The molecule has 0 saturated heterocycles. The maximum Gasteiger partial charge on any atom is 0.337 e. The molecular formula is C28H34N4O8. The first-order valence-electron chi connectivity index (χ1n) is 12.5. The van der Waals surface area contributed by atoms with Crippen LogP contribution in [0.1, 0.15) is 31.0 Å². The number of allylic oxidation sites excluding steroid dienone is 1. The van der Waals surface area contributed by atoms with Gasteiger partial charge in [0.2, 0.25) is 0 Å². The van der Waals surface area contributed by atoms with E-state index in [0.29, 0.717) is 46.4 Å². The Morgan fingerprint density at radius 1 is 1.18 bits per heavy atom. The van der Waals surface area contributed by atoms with Gasteiger partial charge in [0.05, 0.1) is 38.7 Å². The van der Waals surface area contributed by atoms with Gasteiger partial charge in [-0.25, -0.2) is 9.59 Å². The van der Waals surface area contributed by atoms with E-state index in [1.807, 2.05) is 6.92 Å². The molecule has 40 heavy (non-hydrogen) atoms. The summed E-state index contributed by atoms with van der Waals surface area (Å²) in [7, 11) is 2.81. The zero-order chi connectivity index (χ0) is 29.1. The Balaban J connectivity index is 1.71. The third kappa shape index (κ3) is 7.44. The van der Waals surface area contributed by atoms with Crippen molar-refractivity contribution in [3.8, 4) is 23.0 Å². The standard InChI is InChI=1S/C28H34N4O8/c1-6-13-39-26-19(9-8-10-21(26)36-4)15-29-32-23(33)16-40-20-12-11-18(14-22(20)38-7-2)25-24(27(34)37-5)17(3)30-28(35)31-25/h6,8-12,14-15,23,25,32-33H,1,7,13,16H2,2-5H3,(H2,30,31,35)/b29-15+/t23-,25-/m1/s1. The monoisotopic (exact) mass is 554 g/mol. The van der Waals surface area contributed by atoms with Crippen LogP contribution in [0.5, 0.6) is 23.0 Å². The highest BCUT2D eigenvalue weighted by atomic mass is 16.5. The molecule has 0 saturated carbocycles. The van der Waals surface area contributed by atoms with Crippen LogP contribution in [-0.4, -0.2) is 63.6 Å². The highest BCUT2D eigenvalue weighted by Gasteiger charge is 2.32. The maximum absolute atomic E-state index is 12.4. The number of amides is 2. The molecule has 2 atom stereocenters. The van der Waals surface area contributed by atoms with Crippen LogP contribution in [0.4, 0.5) is 4.79 Å². The molecule has 1 aliphatic rings. The van der Waals surface area contributed by atoms with Crippen LogP contribution in [-0.2, 0) is 9.53 Å². The van der Waals surface area contributed by atoms with Gasteiger partial charge < -0.3 is 39.4 Å². The highest BCUT2D eigenvalue weighted by molar-refractivity contribution is 5.95. The minimum absolute atomic E-state index is 0.162. The largest absolute Gasteiger partial charge is 0.493 e. The molecule has 2 aromatic carbocycles. The summed E-state index contributed by atoms with van der Waals surface area (Å²) in [6.45, 7) is 7.54. The van der Waals surface area contributed by atoms with E-state index in [2.05, 4.69) is 27.7 Å². The average Bonchev–Trinajstić information content (AvgIpc) is 2.95. The molecule has 4 N–H and O–H groups in total. The van der Waals surface area contributed by atoms with E-state index in [0.717, 1.165) is 0 Å². The Morgan fingerprint density at radius 3 is 2.67 bits per heavy atom. The van der Waals surface area contributed by atoms with Crippen molar-refractivity contribution < 1.29 is 38.4 Å². The van der Waals surface area contributed by atoms with E-state index in [-0.39, 0.29) is 18.8 Å². The number of aliphatic hydroxyl groups is 1. The molecule has 0 aromatic heterocycles. The summed E-state index contributed by atoms with van der Waals surface area (Å²) in [5.74, 6) is 1.17. The summed E-state index contributed by atoms with van der Waals surface area (Å²) in [5.41, 5.74) is 4.48. The van der Waals surface area contributed by atoms with Crippen molar-refractivity contribution in [3.05, 3.63) is 71.5 Å². The topological polar surface area (TPSA) is 149 Å². The van der Waals surface area contributed by atoms with Crippen molar-refractivity contribution in [2.45, 2.75) is 26.1 Å². The molecule has 1 heterocycles. The number of urea groups is 1. The third-order valence-corrected chi connectivity index (χ3v) is 5.67.